The first kappa shape index (κ1) is 24.0. The van der Waals surface area contributed by atoms with Crippen molar-refractivity contribution in [3.05, 3.63) is 71.7 Å². The fourth-order valence-electron chi connectivity index (χ4n) is 3.62. The van der Waals surface area contributed by atoms with Gasteiger partial charge in [-0.2, -0.15) is 0 Å². The highest BCUT2D eigenvalue weighted by molar-refractivity contribution is 5.70. The van der Waals surface area contributed by atoms with Gasteiger partial charge in [0, 0.05) is 19.1 Å². The summed E-state index contributed by atoms with van der Waals surface area (Å²) in [6, 6.07) is 15.4. The maximum absolute atomic E-state index is 11.7. The SMILES string of the molecule is CCOC(=O)CCc1cccc(-c2cc(-c3cn(Cc4cccc(COC)n4)nn3)nc(N)n2)c1. The number of carbonyl (C=O) groups excluding carboxylic acids is 1. The van der Waals surface area contributed by atoms with E-state index in [1.165, 1.54) is 0 Å². The van der Waals surface area contributed by atoms with E-state index in [4.69, 9.17) is 15.2 Å². The summed E-state index contributed by atoms with van der Waals surface area (Å²) in [4.78, 5) is 25.0. The van der Waals surface area contributed by atoms with Crippen molar-refractivity contribution >= 4 is 11.9 Å². The lowest BCUT2D eigenvalue weighted by atomic mass is 10.0. The van der Waals surface area contributed by atoms with Crippen LogP contribution >= 0.6 is 0 Å². The molecule has 0 aliphatic carbocycles. The second-order valence-electron chi connectivity index (χ2n) is 7.86. The molecule has 4 aromatic rings. The summed E-state index contributed by atoms with van der Waals surface area (Å²) >= 11 is 0. The first-order chi connectivity index (χ1) is 17.0. The highest BCUT2D eigenvalue weighted by Crippen LogP contribution is 2.24. The zero-order valence-corrected chi connectivity index (χ0v) is 19.7. The van der Waals surface area contributed by atoms with Crippen molar-refractivity contribution in [2.45, 2.75) is 32.9 Å². The molecule has 0 aliphatic rings. The number of aryl methyl sites for hydroxylation is 1. The molecule has 0 unspecified atom stereocenters. The highest BCUT2D eigenvalue weighted by atomic mass is 16.5. The number of nitrogens with zero attached hydrogens (tertiary/aromatic N) is 6. The zero-order valence-electron chi connectivity index (χ0n) is 19.7. The molecule has 0 saturated heterocycles. The summed E-state index contributed by atoms with van der Waals surface area (Å²) in [7, 11) is 1.64. The molecule has 1 aromatic carbocycles. The lowest BCUT2D eigenvalue weighted by Gasteiger charge is -2.07. The van der Waals surface area contributed by atoms with Gasteiger partial charge in [-0.15, -0.1) is 5.10 Å². The summed E-state index contributed by atoms with van der Waals surface area (Å²) in [5, 5.41) is 8.48. The van der Waals surface area contributed by atoms with Crippen LogP contribution in [0.3, 0.4) is 0 Å². The Balaban J connectivity index is 1.52. The standard InChI is InChI=1S/C25H27N7O3/c1-3-35-24(33)11-10-17-6-4-7-18(12-17)21-13-22(29-25(26)28-21)23-15-32(31-30-23)14-19-8-5-9-20(27-19)16-34-2/h4-9,12-13,15H,3,10-11,14,16H2,1-2H3,(H2,26,28,29). The van der Waals surface area contributed by atoms with E-state index in [2.05, 4.69) is 25.3 Å². The molecule has 0 atom stereocenters. The molecule has 0 amide bonds. The van der Waals surface area contributed by atoms with Gasteiger partial charge >= 0.3 is 5.97 Å². The number of aromatic nitrogens is 6. The van der Waals surface area contributed by atoms with E-state index in [0.717, 1.165) is 22.5 Å². The number of pyridine rings is 1. The normalized spacial score (nSPS) is 10.9. The molecular weight excluding hydrogens is 446 g/mol. The van der Waals surface area contributed by atoms with Crippen LogP contribution in [0.2, 0.25) is 0 Å². The fraction of sp³-hybridized carbons (Fsp3) is 0.280. The second kappa shape index (κ2) is 11.3. The topological polar surface area (TPSA) is 131 Å². The zero-order chi connectivity index (χ0) is 24.6. The molecule has 35 heavy (non-hydrogen) atoms. The van der Waals surface area contributed by atoms with Crippen LogP contribution in [-0.4, -0.2) is 49.6 Å². The third kappa shape index (κ3) is 6.45. The van der Waals surface area contributed by atoms with Gasteiger partial charge in [0.15, 0.2) is 0 Å². The van der Waals surface area contributed by atoms with Crippen molar-refractivity contribution in [2.75, 3.05) is 19.5 Å². The van der Waals surface area contributed by atoms with Crippen molar-refractivity contribution in [3.63, 3.8) is 0 Å². The largest absolute Gasteiger partial charge is 0.466 e. The number of hydrogen-bond donors (Lipinski definition) is 1. The fourth-order valence-corrected chi connectivity index (χ4v) is 3.62. The molecule has 0 bridgehead atoms. The average Bonchev–Trinajstić information content (AvgIpc) is 3.32. The number of nitrogen functional groups attached to an aromatic ring is 1. The number of hydrogen-bond acceptors (Lipinski definition) is 9. The molecule has 0 spiro atoms. The number of rotatable bonds is 10. The lowest BCUT2D eigenvalue weighted by molar-refractivity contribution is -0.143. The summed E-state index contributed by atoms with van der Waals surface area (Å²) in [6.07, 6.45) is 2.70. The van der Waals surface area contributed by atoms with Crippen molar-refractivity contribution in [3.8, 4) is 22.6 Å². The molecule has 3 heterocycles. The van der Waals surface area contributed by atoms with Gasteiger partial charge < -0.3 is 15.2 Å². The van der Waals surface area contributed by atoms with Crippen LogP contribution < -0.4 is 5.73 Å². The average molecular weight is 474 g/mol. The van der Waals surface area contributed by atoms with Gasteiger partial charge in [-0.05, 0) is 43.2 Å². The minimum atomic E-state index is -0.213. The van der Waals surface area contributed by atoms with Gasteiger partial charge in [-0.3, -0.25) is 9.78 Å². The van der Waals surface area contributed by atoms with Crippen molar-refractivity contribution < 1.29 is 14.3 Å². The summed E-state index contributed by atoms with van der Waals surface area (Å²) in [5.41, 5.74) is 11.4. The predicted octanol–water partition coefficient (Wildman–Crippen LogP) is 3.07. The van der Waals surface area contributed by atoms with Crippen molar-refractivity contribution in [1.82, 2.24) is 29.9 Å². The Morgan fingerprint density at radius 3 is 2.63 bits per heavy atom. The maximum Gasteiger partial charge on any atom is 0.306 e. The maximum atomic E-state index is 11.7. The Morgan fingerprint density at radius 2 is 1.80 bits per heavy atom. The predicted molar refractivity (Wildman–Crippen MR) is 130 cm³/mol. The van der Waals surface area contributed by atoms with E-state index >= 15 is 0 Å². The van der Waals surface area contributed by atoms with Crippen LogP contribution in [0.5, 0.6) is 0 Å². The number of anilines is 1. The number of carbonyl (C=O) groups is 1. The molecule has 10 heteroatoms. The smallest absolute Gasteiger partial charge is 0.306 e. The van der Waals surface area contributed by atoms with Crippen LogP contribution in [0, 0.1) is 0 Å². The molecular formula is C25H27N7O3. The first-order valence-corrected chi connectivity index (χ1v) is 11.3. The van der Waals surface area contributed by atoms with E-state index in [1.54, 1.807) is 24.9 Å². The summed E-state index contributed by atoms with van der Waals surface area (Å²) in [6.45, 7) is 3.08. The molecule has 10 nitrogen and oxygen atoms in total. The van der Waals surface area contributed by atoms with Crippen LogP contribution in [-0.2, 0) is 33.8 Å². The lowest BCUT2D eigenvalue weighted by Crippen LogP contribution is -2.05. The number of benzene rings is 1. The quantitative estimate of drug-likeness (QED) is 0.345. The van der Waals surface area contributed by atoms with Gasteiger partial charge in [0.2, 0.25) is 5.95 Å². The van der Waals surface area contributed by atoms with E-state index < -0.39 is 0 Å². The van der Waals surface area contributed by atoms with Gasteiger partial charge in [-0.25, -0.2) is 14.6 Å². The van der Waals surface area contributed by atoms with Crippen LogP contribution in [0.15, 0.2) is 54.7 Å². The first-order valence-electron chi connectivity index (χ1n) is 11.3. The minimum Gasteiger partial charge on any atom is -0.466 e. The van der Waals surface area contributed by atoms with Crippen molar-refractivity contribution in [1.29, 1.82) is 0 Å². The Morgan fingerprint density at radius 1 is 1.00 bits per heavy atom. The molecule has 0 radical (unpaired) electrons. The molecule has 2 N–H and O–H groups in total. The van der Waals surface area contributed by atoms with E-state index in [-0.39, 0.29) is 11.9 Å². The molecule has 0 saturated carbocycles. The highest BCUT2D eigenvalue weighted by Gasteiger charge is 2.12. The second-order valence-corrected chi connectivity index (χ2v) is 7.86. The van der Waals surface area contributed by atoms with Crippen molar-refractivity contribution in [2.24, 2.45) is 0 Å². The monoisotopic (exact) mass is 473 g/mol. The van der Waals surface area contributed by atoms with Gasteiger partial charge in [0.05, 0.1) is 48.7 Å². The van der Waals surface area contributed by atoms with Gasteiger partial charge in [0.25, 0.3) is 0 Å². The Hall–Kier alpha value is -4.18. The Bertz CT molecular complexity index is 1310. The van der Waals surface area contributed by atoms with Gasteiger partial charge in [0.1, 0.15) is 5.69 Å². The third-order valence-electron chi connectivity index (χ3n) is 5.17. The van der Waals surface area contributed by atoms with Gasteiger partial charge in [-0.1, -0.05) is 29.5 Å². The van der Waals surface area contributed by atoms with E-state index in [1.807, 2.05) is 48.5 Å². The number of nitrogens with two attached hydrogens (primary N) is 1. The third-order valence-corrected chi connectivity index (χ3v) is 5.17. The molecule has 4 rings (SSSR count). The summed E-state index contributed by atoms with van der Waals surface area (Å²) in [5.74, 6) is -0.0758. The Labute approximate surface area is 203 Å². The molecule has 180 valence electrons. The molecule has 0 fully saturated rings. The van der Waals surface area contributed by atoms with Crippen LogP contribution in [0.1, 0.15) is 30.3 Å². The molecule has 3 aromatic heterocycles. The van der Waals surface area contributed by atoms with Crippen LogP contribution in [0.4, 0.5) is 5.95 Å². The summed E-state index contributed by atoms with van der Waals surface area (Å²) < 4.78 is 11.9. The number of ether oxygens (including phenoxy) is 2. The van der Waals surface area contributed by atoms with E-state index in [0.29, 0.717) is 49.7 Å². The van der Waals surface area contributed by atoms with Crippen LogP contribution in [0.25, 0.3) is 22.6 Å². The molecule has 0 aliphatic heterocycles. The van der Waals surface area contributed by atoms with E-state index in [9.17, 15) is 4.79 Å². The number of methoxy groups -OCH3 is 1. The number of esters is 1. The minimum absolute atomic E-state index is 0.137. The Kier molecular flexibility index (Phi) is 7.74.